The zero-order valence-electron chi connectivity index (χ0n) is 11.3. The van der Waals surface area contributed by atoms with Crippen LogP contribution in [0.1, 0.15) is 33.1 Å². The highest BCUT2D eigenvalue weighted by atomic mass is 16.5. The first kappa shape index (κ1) is 16.1. The van der Waals surface area contributed by atoms with Gasteiger partial charge in [-0.25, -0.2) is 0 Å². The van der Waals surface area contributed by atoms with Crippen LogP contribution in [-0.4, -0.2) is 44.4 Å². The Kier molecular flexibility index (Phi) is 9.77. The number of carbonyl (C=O) groups is 1. The number of carbonyl (C=O) groups excluding carboxylic acids is 1. The van der Waals surface area contributed by atoms with Crippen molar-refractivity contribution in [3.8, 4) is 0 Å². The molecule has 0 heterocycles. The topological polar surface area (TPSA) is 38.8 Å². The molecule has 0 fully saturated rings. The molecule has 0 radical (unpaired) electrons. The Balaban J connectivity index is 3.75. The molecule has 0 aromatic heterocycles. The van der Waals surface area contributed by atoms with Gasteiger partial charge in [-0.1, -0.05) is 26.8 Å². The van der Waals surface area contributed by atoms with E-state index in [1.165, 1.54) is 4.90 Å². The summed E-state index contributed by atoms with van der Waals surface area (Å²) in [4.78, 5) is 13.3. The lowest BCUT2D eigenvalue weighted by atomic mass is 10.3. The maximum absolute atomic E-state index is 11.8. The summed E-state index contributed by atoms with van der Waals surface area (Å²) in [6.45, 7) is 9.81. The van der Waals surface area contributed by atoms with E-state index < -0.39 is 0 Å². The summed E-state index contributed by atoms with van der Waals surface area (Å²) in [6.07, 6.45) is 3.05. The molecule has 0 aromatic carbocycles. The van der Waals surface area contributed by atoms with E-state index in [-0.39, 0.29) is 5.91 Å². The number of nitrogens with zero attached hydrogens (tertiary/aromatic N) is 1. The van der Waals surface area contributed by atoms with Crippen LogP contribution in [0.15, 0.2) is 12.2 Å². The predicted octanol–water partition coefficient (Wildman–Crippen LogP) is 2.20. The number of ether oxygens (including phenoxy) is 2. The van der Waals surface area contributed by atoms with Gasteiger partial charge in [0.05, 0.1) is 6.61 Å². The van der Waals surface area contributed by atoms with Crippen molar-refractivity contribution in [2.75, 3.05) is 33.6 Å². The van der Waals surface area contributed by atoms with Crippen molar-refractivity contribution in [2.24, 2.45) is 0 Å². The second-order valence-corrected chi connectivity index (χ2v) is 4.05. The molecule has 4 nitrogen and oxygen atoms in total. The standard InChI is InChI=1S/C13H25NO3/c1-5-7-9-16-10-12(3)13(15)14(4)11-17-8-6-2/h3,5-11H2,1-2,4H3. The smallest absolute Gasteiger partial charge is 0.253 e. The molecule has 0 unspecified atom stereocenters. The van der Waals surface area contributed by atoms with Gasteiger partial charge in [0.15, 0.2) is 0 Å². The van der Waals surface area contributed by atoms with Crippen molar-refractivity contribution in [3.63, 3.8) is 0 Å². The van der Waals surface area contributed by atoms with Crippen LogP contribution in [0.4, 0.5) is 0 Å². The minimum Gasteiger partial charge on any atom is -0.377 e. The van der Waals surface area contributed by atoms with Crippen LogP contribution in [-0.2, 0) is 14.3 Å². The Morgan fingerprint density at radius 3 is 2.47 bits per heavy atom. The van der Waals surface area contributed by atoms with E-state index in [0.29, 0.717) is 32.1 Å². The molecule has 0 saturated heterocycles. The minimum absolute atomic E-state index is 0.113. The number of unbranched alkanes of at least 4 members (excludes halogenated alkanes) is 1. The molecule has 0 aliphatic rings. The second-order valence-electron chi connectivity index (χ2n) is 4.05. The van der Waals surface area contributed by atoms with Gasteiger partial charge in [0, 0.05) is 25.8 Å². The fourth-order valence-electron chi connectivity index (χ4n) is 1.18. The van der Waals surface area contributed by atoms with E-state index in [9.17, 15) is 4.79 Å². The quantitative estimate of drug-likeness (QED) is 0.335. The summed E-state index contributed by atoms with van der Waals surface area (Å²) >= 11 is 0. The molecule has 0 atom stereocenters. The first-order valence-electron chi connectivity index (χ1n) is 6.22. The molecule has 0 bridgehead atoms. The van der Waals surface area contributed by atoms with Gasteiger partial charge >= 0.3 is 0 Å². The summed E-state index contributed by atoms with van der Waals surface area (Å²) in [6, 6.07) is 0. The number of amides is 1. The molecule has 0 N–H and O–H groups in total. The van der Waals surface area contributed by atoms with E-state index in [4.69, 9.17) is 9.47 Å². The molecule has 0 rings (SSSR count). The average molecular weight is 243 g/mol. The van der Waals surface area contributed by atoms with Crippen molar-refractivity contribution < 1.29 is 14.3 Å². The molecule has 1 amide bonds. The number of rotatable bonds is 10. The molecule has 0 spiro atoms. The minimum atomic E-state index is -0.113. The van der Waals surface area contributed by atoms with E-state index in [2.05, 4.69) is 13.5 Å². The lowest BCUT2D eigenvalue weighted by Crippen LogP contribution is -2.31. The van der Waals surface area contributed by atoms with Crippen LogP contribution in [0.2, 0.25) is 0 Å². The maximum Gasteiger partial charge on any atom is 0.253 e. The van der Waals surface area contributed by atoms with Gasteiger partial charge in [0.25, 0.3) is 5.91 Å². The Labute approximate surface area is 105 Å². The third kappa shape index (κ3) is 7.94. The van der Waals surface area contributed by atoms with Gasteiger partial charge in [0.2, 0.25) is 0 Å². The zero-order valence-corrected chi connectivity index (χ0v) is 11.3. The van der Waals surface area contributed by atoms with Crippen molar-refractivity contribution in [2.45, 2.75) is 33.1 Å². The van der Waals surface area contributed by atoms with E-state index in [1.807, 2.05) is 6.92 Å². The van der Waals surface area contributed by atoms with Crippen LogP contribution in [0.3, 0.4) is 0 Å². The Morgan fingerprint density at radius 2 is 1.88 bits per heavy atom. The molecular formula is C13H25NO3. The van der Waals surface area contributed by atoms with Gasteiger partial charge in [0.1, 0.15) is 6.73 Å². The number of hydrogen-bond acceptors (Lipinski definition) is 3. The fourth-order valence-corrected chi connectivity index (χ4v) is 1.18. The first-order valence-corrected chi connectivity index (χ1v) is 6.22. The van der Waals surface area contributed by atoms with Crippen LogP contribution < -0.4 is 0 Å². The van der Waals surface area contributed by atoms with Gasteiger partial charge < -0.3 is 14.4 Å². The molecule has 0 aromatic rings. The third-order valence-electron chi connectivity index (χ3n) is 2.20. The van der Waals surface area contributed by atoms with E-state index >= 15 is 0 Å². The van der Waals surface area contributed by atoms with Crippen LogP contribution >= 0.6 is 0 Å². The highest BCUT2D eigenvalue weighted by Crippen LogP contribution is 2.00. The Bertz CT molecular complexity index is 229. The van der Waals surface area contributed by atoms with Crippen LogP contribution in [0.5, 0.6) is 0 Å². The predicted molar refractivity (Wildman–Crippen MR) is 68.7 cm³/mol. The molecule has 0 aliphatic heterocycles. The summed E-state index contributed by atoms with van der Waals surface area (Å²) in [5.74, 6) is -0.113. The Morgan fingerprint density at radius 1 is 1.18 bits per heavy atom. The summed E-state index contributed by atoms with van der Waals surface area (Å²) in [7, 11) is 1.70. The average Bonchev–Trinajstić information content (AvgIpc) is 2.33. The monoisotopic (exact) mass is 243 g/mol. The largest absolute Gasteiger partial charge is 0.377 e. The summed E-state index contributed by atoms with van der Waals surface area (Å²) < 4.78 is 10.6. The summed E-state index contributed by atoms with van der Waals surface area (Å²) in [5.41, 5.74) is 0.476. The molecule has 4 heteroatoms. The number of likely N-dealkylation sites (N-methyl/N-ethyl adjacent to an activating group) is 1. The maximum atomic E-state index is 11.8. The van der Waals surface area contributed by atoms with Crippen molar-refractivity contribution in [1.29, 1.82) is 0 Å². The van der Waals surface area contributed by atoms with Crippen molar-refractivity contribution in [3.05, 3.63) is 12.2 Å². The fraction of sp³-hybridized carbons (Fsp3) is 0.769. The van der Waals surface area contributed by atoms with Crippen LogP contribution in [0, 0.1) is 0 Å². The van der Waals surface area contributed by atoms with Gasteiger partial charge in [-0.2, -0.15) is 0 Å². The molecule has 100 valence electrons. The normalized spacial score (nSPS) is 10.3. The van der Waals surface area contributed by atoms with E-state index in [0.717, 1.165) is 19.3 Å². The van der Waals surface area contributed by atoms with Crippen molar-refractivity contribution >= 4 is 5.91 Å². The van der Waals surface area contributed by atoms with Gasteiger partial charge in [-0.05, 0) is 12.8 Å². The number of hydrogen-bond donors (Lipinski definition) is 0. The highest BCUT2D eigenvalue weighted by molar-refractivity contribution is 5.92. The third-order valence-corrected chi connectivity index (χ3v) is 2.20. The van der Waals surface area contributed by atoms with Gasteiger partial charge in [-0.15, -0.1) is 0 Å². The molecular weight excluding hydrogens is 218 g/mol. The first-order chi connectivity index (χ1) is 8.13. The SMILES string of the molecule is C=C(COCCCC)C(=O)N(C)COCCC. The van der Waals surface area contributed by atoms with Gasteiger partial charge in [-0.3, -0.25) is 4.79 Å². The second kappa shape index (κ2) is 10.3. The van der Waals surface area contributed by atoms with Crippen LogP contribution in [0.25, 0.3) is 0 Å². The molecule has 0 saturated carbocycles. The molecule has 0 aliphatic carbocycles. The lowest BCUT2D eigenvalue weighted by Gasteiger charge is -2.18. The zero-order chi connectivity index (χ0) is 13.1. The summed E-state index contributed by atoms with van der Waals surface area (Å²) in [5, 5.41) is 0. The van der Waals surface area contributed by atoms with Crippen molar-refractivity contribution in [1.82, 2.24) is 4.90 Å². The lowest BCUT2D eigenvalue weighted by molar-refractivity contribution is -0.131. The Hall–Kier alpha value is -0.870. The molecule has 17 heavy (non-hydrogen) atoms. The van der Waals surface area contributed by atoms with E-state index in [1.54, 1.807) is 7.05 Å². The highest BCUT2D eigenvalue weighted by Gasteiger charge is 2.12.